The van der Waals surface area contributed by atoms with Gasteiger partial charge in [-0.05, 0) is 39.3 Å². The number of H-pyrrole nitrogens is 1. The molecule has 18 nitrogen and oxygen atoms in total. The van der Waals surface area contributed by atoms with Gasteiger partial charge < -0.3 is 45.2 Å². The van der Waals surface area contributed by atoms with Crippen LogP contribution in [0.25, 0.3) is 11.2 Å². The molecule has 0 spiro atoms. The highest BCUT2D eigenvalue weighted by molar-refractivity contribution is 7.60. The van der Waals surface area contributed by atoms with E-state index in [4.69, 9.17) is 20.3 Å². The Morgan fingerprint density at radius 3 is 1.90 bits per heavy atom. The second kappa shape index (κ2) is 17.5. The normalized spacial score (nSPS) is 22.0. The molecule has 3 heterocycles. The number of phosphoric acid groups is 2. The molecule has 1 aliphatic rings. The average molecular weight is 646 g/mol. The molecule has 0 saturated carbocycles. The highest BCUT2D eigenvalue weighted by Crippen LogP contribution is 2.57. The number of imidazole rings is 1. The summed E-state index contributed by atoms with van der Waals surface area (Å²) in [6.07, 6.45) is -4.88. The molecular formula is C22H45N7O11P2. The van der Waals surface area contributed by atoms with E-state index in [1.165, 1.54) is 39.3 Å². The quantitative estimate of drug-likeness (QED) is 0.153. The minimum Gasteiger partial charge on any atom is -0.387 e. The van der Waals surface area contributed by atoms with Crippen LogP contribution >= 0.6 is 15.6 Å². The predicted molar refractivity (Wildman–Crippen MR) is 154 cm³/mol. The molecule has 0 aliphatic carbocycles. The van der Waals surface area contributed by atoms with Crippen LogP contribution in [-0.2, 0) is 22.7 Å². The summed E-state index contributed by atoms with van der Waals surface area (Å²) in [6, 6.07) is 0. The number of nitrogen functional groups attached to an aromatic ring is 1. The van der Waals surface area contributed by atoms with Crippen LogP contribution in [0.2, 0.25) is 0 Å². The molecule has 42 heavy (non-hydrogen) atoms. The van der Waals surface area contributed by atoms with E-state index in [0.29, 0.717) is 0 Å². The minimum atomic E-state index is -5.32. The number of aliphatic hydroxyl groups is 2. The molecule has 2 aromatic rings. The number of hydrogen-bond acceptors (Lipinski definition) is 13. The number of aromatic amines is 1. The summed E-state index contributed by atoms with van der Waals surface area (Å²) >= 11 is 0. The predicted octanol–water partition coefficient (Wildman–Crippen LogP) is 0.244. The van der Waals surface area contributed by atoms with Gasteiger partial charge in [0.15, 0.2) is 17.4 Å². The first-order chi connectivity index (χ1) is 19.6. The molecule has 20 heteroatoms. The summed E-state index contributed by atoms with van der Waals surface area (Å²) in [6.45, 7) is 19.4. The van der Waals surface area contributed by atoms with Gasteiger partial charge >= 0.3 is 15.6 Å². The maximum absolute atomic E-state index is 11.8. The fraction of sp³-hybridized carbons (Fsp3) is 0.773. The third kappa shape index (κ3) is 11.7. The Morgan fingerprint density at radius 2 is 1.48 bits per heavy atom. The number of anilines is 1. The minimum absolute atomic E-state index is 0.0586. The van der Waals surface area contributed by atoms with Crippen LogP contribution in [0, 0.1) is 0 Å². The van der Waals surface area contributed by atoms with E-state index in [9.17, 15) is 29.0 Å². The van der Waals surface area contributed by atoms with E-state index in [-0.39, 0.29) is 17.1 Å². The van der Waals surface area contributed by atoms with Gasteiger partial charge in [0, 0.05) is 0 Å². The van der Waals surface area contributed by atoms with Crippen LogP contribution in [0.1, 0.15) is 47.8 Å². The molecule has 1 aliphatic heterocycles. The van der Waals surface area contributed by atoms with Gasteiger partial charge in [0.1, 0.15) is 18.3 Å². The van der Waals surface area contributed by atoms with Crippen molar-refractivity contribution in [3.63, 3.8) is 0 Å². The zero-order chi connectivity index (χ0) is 32.3. The standard InChI is InChI=1S/C10H15N5O11P2.2C6H15N/c11-10-13-7-4(8(18)14-10)12-2-15(7)9-6(17)5(16)3(25-9)1-24-28(22,23)26-27(19,20)21;2*1-4-7(5-2)6-3/h2-3,5-6,9,16-17H,1H2,(H,22,23)(H2,19,20,21)(H3,11,13,14,18);2*4-6H2,1-3H3/t3-,5-,6-,9-;;/m1../s1. The van der Waals surface area contributed by atoms with Gasteiger partial charge in [-0.3, -0.25) is 18.9 Å². The first kappa shape index (κ1) is 38.2. The Bertz CT molecular complexity index is 1210. The fourth-order valence-corrected chi connectivity index (χ4v) is 5.49. The van der Waals surface area contributed by atoms with Gasteiger partial charge in [0.25, 0.3) is 5.56 Å². The number of ether oxygens (including phenoxy) is 1. The fourth-order valence-electron chi connectivity index (χ4n) is 3.89. The van der Waals surface area contributed by atoms with Gasteiger partial charge in [-0.15, -0.1) is 0 Å². The Labute approximate surface area is 244 Å². The topological polar surface area (TPSA) is 259 Å². The molecule has 5 atom stereocenters. The Morgan fingerprint density at radius 1 is 0.976 bits per heavy atom. The summed E-state index contributed by atoms with van der Waals surface area (Å²) < 4.78 is 36.6. The van der Waals surface area contributed by atoms with E-state index in [1.54, 1.807) is 0 Å². The summed E-state index contributed by atoms with van der Waals surface area (Å²) in [7, 11) is -10.5. The maximum atomic E-state index is 11.8. The van der Waals surface area contributed by atoms with Gasteiger partial charge in [-0.25, -0.2) is 14.1 Å². The molecule has 1 unspecified atom stereocenters. The van der Waals surface area contributed by atoms with Crippen molar-refractivity contribution in [1.29, 1.82) is 0 Å². The number of nitrogens with one attached hydrogen (secondary N) is 1. The smallest absolute Gasteiger partial charge is 0.387 e. The van der Waals surface area contributed by atoms with Crippen molar-refractivity contribution >= 4 is 32.8 Å². The molecule has 0 bridgehead atoms. The summed E-state index contributed by atoms with van der Waals surface area (Å²) in [4.78, 5) is 52.8. The zero-order valence-corrected chi connectivity index (χ0v) is 26.5. The molecule has 3 rings (SSSR count). The lowest BCUT2D eigenvalue weighted by molar-refractivity contribution is -0.0503. The number of nitrogens with two attached hydrogens (primary N) is 1. The highest BCUT2D eigenvalue weighted by atomic mass is 31.3. The first-order valence-electron chi connectivity index (χ1n) is 13.5. The Kier molecular flexibility index (Phi) is 15.9. The molecule has 8 N–H and O–H groups in total. The number of hydrogen-bond donors (Lipinski definition) is 7. The molecule has 1 saturated heterocycles. The molecule has 2 aromatic heterocycles. The maximum Gasteiger partial charge on any atom is 0.481 e. The lowest BCUT2D eigenvalue weighted by atomic mass is 10.1. The van der Waals surface area contributed by atoms with E-state index in [1.807, 2.05) is 0 Å². The van der Waals surface area contributed by atoms with Crippen molar-refractivity contribution in [3.8, 4) is 0 Å². The second-order valence-electron chi connectivity index (χ2n) is 8.90. The van der Waals surface area contributed by atoms with E-state index < -0.39 is 52.4 Å². The van der Waals surface area contributed by atoms with Crippen LogP contribution in [0.3, 0.4) is 0 Å². The Balaban J connectivity index is 0.000000522. The summed E-state index contributed by atoms with van der Waals surface area (Å²) in [5.41, 5.74) is 4.65. The number of rotatable bonds is 12. The number of aliphatic hydroxyl groups excluding tert-OH is 2. The number of nitrogens with zero attached hydrogens (tertiary/aromatic N) is 5. The van der Waals surface area contributed by atoms with Gasteiger partial charge in [-0.2, -0.15) is 9.29 Å². The summed E-state index contributed by atoms with van der Waals surface area (Å²) in [5, 5.41) is 20.3. The number of fused-ring (bicyclic) bond motifs is 1. The second-order valence-corrected chi connectivity index (χ2v) is 11.7. The lowest BCUT2D eigenvalue weighted by Crippen LogP contribution is -2.33. The molecule has 0 radical (unpaired) electrons. The van der Waals surface area contributed by atoms with Gasteiger partial charge in [0.2, 0.25) is 5.95 Å². The van der Waals surface area contributed by atoms with Crippen LogP contribution in [0.5, 0.6) is 0 Å². The SMILES string of the molecule is CCN(CC)CC.CCN(CC)CC.Nc1nc2c(ncn2[C@@H]2O[C@H](COP(=O)(O)OP(=O)(O)O)[C@@H](O)[C@H]2O)c(=O)[nH]1. The van der Waals surface area contributed by atoms with Crippen molar-refractivity contribution in [2.75, 3.05) is 51.6 Å². The third-order valence-corrected chi connectivity index (χ3v) is 8.51. The molecule has 0 amide bonds. The van der Waals surface area contributed by atoms with Crippen molar-refractivity contribution in [2.45, 2.75) is 66.1 Å². The number of aromatic nitrogens is 4. The Hall–Kier alpha value is -1.79. The van der Waals surface area contributed by atoms with E-state index >= 15 is 0 Å². The van der Waals surface area contributed by atoms with Crippen LogP contribution in [0.15, 0.2) is 11.1 Å². The monoisotopic (exact) mass is 645 g/mol. The third-order valence-electron chi connectivity index (χ3n) is 6.36. The number of phosphoric ester groups is 1. The van der Waals surface area contributed by atoms with Crippen LogP contribution < -0.4 is 11.3 Å². The van der Waals surface area contributed by atoms with Crippen LogP contribution in [-0.4, -0.2) is 118 Å². The largest absolute Gasteiger partial charge is 0.481 e. The average Bonchev–Trinajstić information content (AvgIpc) is 3.45. The van der Waals surface area contributed by atoms with Crippen molar-refractivity contribution < 1.29 is 47.6 Å². The van der Waals surface area contributed by atoms with Crippen molar-refractivity contribution in [2.24, 2.45) is 0 Å². The summed E-state index contributed by atoms with van der Waals surface area (Å²) in [5.74, 6) is -0.233. The highest BCUT2D eigenvalue weighted by Gasteiger charge is 2.46. The lowest BCUT2D eigenvalue weighted by Gasteiger charge is -2.17. The van der Waals surface area contributed by atoms with Crippen LogP contribution in [0.4, 0.5) is 5.95 Å². The first-order valence-corrected chi connectivity index (χ1v) is 16.5. The molecule has 0 aromatic carbocycles. The zero-order valence-electron chi connectivity index (χ0n) is 24.7. The molecular weight excluding hydrogens is 600 g/mol. The van der Waals surface area contributed by atoms with E-state index in [2.05, 4.69) is 75.1 Å². The van der Waals surface area contributed by atoms with Gasteiger partial charge in [0.05, 0.1) is 12.9 Å². The van der Waals surface area contributed by atoms with Crippen molar-refractivity contribution in [3.05, 3.63) is 16.7 Å². The van der Waals surface area contributed by atoms with Gasteiger partial charge in [-0.1, -0.05) is 41.5 Å². The molecule has 244 valence electrons. The molecule has 1 fully saturated rings. The van der Waals surface area contributed by atoms with Crippen molar-refractivity contribution in [1.82, 2.24) is 29.3 Å². The van der Waals surface area contributed by atoms with E-state index in [0.717, 1.165) is 10.9 Å².